The molecule has 3 rings (SSSR count). The molecule has 0 unspecified atom stereocenters. The highest BCUT2D eigenvalue weighted by Crippen LogP contribution is 2.25. The summed E-state index contributed by atoms with van der Waals surface area (Å²) in [5.41, 5.74) is 0.739. The second-order valence-electron chi connectivity index (χ2n) is 6.63. The van der Waals surface area contributed by atoms with Gasteiger partial charge in [-0.05, 0) is 56.3 Å². The quantitative estimate of drug-likeness (QED) is 0.874. The molecule has 1 aliphatic carbocycles. The summed E-state index contributed by atoms with van der Waals surface area (Å²) in [6.07, 6.45) is 2.61. The van der Waals surface area contributed by atoms with Crippen LogP contribution in [0.1, 0.15) is 29.6 Å². The number of hydrogen-bond donors (Lipinski definition) is 2. The van der Waals surface area contributed by atoms with Crippen LogP contribution in [0, 0.1) is 0 Å². The average Bonchev–Trinajstić information content (AvgIpc) is 3.14. The Balaban J connectivity index is 1.56. The van der Waals surface area contributed by atoms with E-state index in [2.05, 4.69) is 10.6 Å². The first-order valence-corrected chi connectivity index (χ1v) is 9.12. The summed E-state index contributed by atoms with van der Waals surface area (Å²) >= 11 is 1.59. The zero-order chi connectivity index (χ0) is 17.1. The Morgan fingerprint density at radius 2 is 1.92 bits per heavy atom. The molecule has 6 heteroatoms. The van der Waals surface area contributed by atoms with Gasteiger partial charge >= 0.3 is 0 Å². The van der Waals surface area contributed by atoms with E-state index in [9.17, 15) is 9.59 Å². The van der Waals surface area contributed by atoms with Crippen molar-refractivity contribution in [3.63, 3.8) is 0 Å². The molecule has 0 spiro atoms. The van der Waals surface area contributed by atoms with Gasteiger partial charge in [0.25, 0.3) is 5.91 Å². The summed E-state index contributed by atoms with van der Waals surface area (Å²) in [6.45, 7) is 0.397. The third-order valence-electron chi connectivity index (χ3n) is 4.32. The highest BCUT2D eigenvalue weighted by Gasteiger charge is 2.27. The molecule has 0 radical (unpaired) electrons. The van der Waals surface area contributed by atoms with Gasteiger partial charge in [0, 0.05) is 16.8 Å². The summed E-state index contributed by atoms with van der Waals surface area (Å²) < 4.78 is 1.03. The van der Waals surface area contributed by atoms with Crippen LogP contribution in [0.4, 0.5) is 0 Å². The van der Waals surface area contributed by atoms with Crippen molar-refractivity contribution in [2.45, 2.75) is 31.3 Å². The Labute approximate surface area is 146 Å². The van der Waals surface area contributed by atoms with Crippen molar-refractivity contribution in [1.29, 1.82) is 0 Å². The summed E-state index contributed by atoms with van der Waals surface area (Å²) in [6, 6.07) is 8.12. The number of thiophene rings is 1. The van der Waals surface area contributed by atoms with Crippen molar-refractivity contribution in [2.24, 2.45) is 0 Å². The molecule has 0 aliphatic heterocycles. The van der Waals surface area contributed by atoms with Gasteiger partial charge in [-0.3, -0.25) is 9.59 Å². The first-order valence-electron chi connectivity index (χ1n) is 8.24. The molecule has 1 saturated carbocycles. The maximum absolute atomic E-state index is 12.6. The van der Waals surface area contributed by atoms with Crippen LogP contribution in [0.15, 0.2) is 29.6 Å². The Bertz CT molecular complexity index is 741. The van der Waals surface area contributed by atoms with Gasteiger partial charge in [0.05, 0.1) is 12.1 Å². The third kappa shape index (κ3) is 3.94. The smallest absolute Gasteiger partial charge is 0.252 e. The van der Waals surface area contributed by atoms with Crippen LogP contribution in [-0.4, -0.2) is 49.4 Å². The van der Waals surface area contributed by atoms with Gasteiger partial charge in [-0.15, -0.1) is 11.3 Å². The van der Waals surface area contributed by atoms with Crippen LogP contribution < -0.4 is 10.6 Å². The molecule has 2 atom stereocenters. The van der Waals surface area contributed by atoms with Crippen molar-refractivity contribution < 1.29 is 9.59 Å². The van der Waals surface area contributed by atoms with Crippen LogP contribution >= 0.6 is 11.3 Å². The highest BCUT2D eigenvalue weighted by molar-refractivity contribution is 7.17. The Morgan fingerprint density at radius 3 is 2.67 bits per heavy atom. The third-order valence-corrected chi connectivity index (χ3v) is 5.28. The normalized spacial score (nSPS) is 20.5. The summed E-state index contributed by atoms with van der Waals surface area (Å²) in [5, 5.41) is 9.29. The van der Waals surface area contributed by atoms with Crippen LogP contribution in [-0.2, 0) is 4.79 Å². The molecule has 0 saturated heterocycles. The molecule has 1 fully saturated rings. The lowest BCUT2D eigenvalue weighted by molar-refractivity contribution is -0.122. The Hall–Kier alpha value is -1.92. The van der Waals surface area contributed by atoms with Gasteiger partial charge in [-0.2, -0.15) is 0 Å². The summed E-state index contributed by atoms with van der Waals surface area (Å²) in [4.78, 5) is 26.3. The van der Waals surface area contributed by atoms with E-state index in [-0.39, 0.29) is 23.9 Å². The van der Waals surface area contributed by atoms with E-state index in [1.54, 1.807) is 11.3 Å². The lowest BCUT2D eigenvalue weighted by atomic mass is 10.1. The van der Waals surface area contributed by atoms with E-state index in [4.69, 9.17) is 0 Å². The Morgan fingerprint density at radius 1 is 1.17 bits per heavy atom. The summed E-state index contributed by atoms with van der Waals surface area (Å²) in [5.74, 6) is 0.0219. The van der Waals surface area contributed by atoms with Crippen LogP contribution in [0.3, 0.4) is 0 Å². The van der Waals surface area contributed by atoms with Crippen LogP contribution in [0.25, 0.3) is 10.1 Å². The number of carbonyl (C=O) groups is 2. The minimum absolute atomic E-state index is 0.0201. The zero-order valence-corrected chi connectivity index (χ0v) is 14.9. The molecule has 1 aromatic carbocycles. The fraction of sp³-hybridized carbons (Fsp3) is 0.444. The monoisotopic (exact) mass is 345 g/mol. The van der Waals surface area contributed by atoms with Crippen molar-refractivity contribution >= 4 is 33.2 Å². The average molecular weight is 345 g/mol. The van der Waals surface area contributed by atoms with Crippen molar-refractivity contribution in [1.82, 2.24) is 15.5 Å². The predicted molar refractivity (Wildman–Crippen MR) is 97.4 cm³/mol. The molecular weight excluding hydrogens is 322 g/mol. The minimum atomic E-state index is -0.0201. The number of rotatable bonds is 5. The van der Waals surface area contributed by atoms with E-state index in [0.717, 1.165) is 34.9 Å². The SMILES string of the molecule is CN(C)CC(=O)N[C@@H]1CC[C@H](NC(=O)c2cccc3ccsc23)C1. The predicted octanol–water partition coefficient (Wildman–Crippen LogP) is 2.23. The van der Waals surface area contributed by atoms with E-state index < -0.39 is 0 Å². The molecule has 24 heavy (non-hydrogen) atoms. The number of benzene rings is 1. The largest absolute Gasteiger partial charge is 0.352 e. The number of nitrogens with one attached hydrogen (secondary N) is 2. The number of carbonyl (C=O) groups excluding carboxylic acids is 2. The Kier molecular flexibility index (Phi) is 5.16. The lowest BCUT2D eigenvalue weighted by Gasteiger charge is -2.16. The van der Waals surface area contributed by atoms with Crippen LogP contribution in [0.5, 0.6) is 0 Å². The molecular formula is C18H23N3O2S. The molecule has 2 N–H and O–H groups in total. The molecule has 1 aliphatic rings. The van der Waals surface area contributed by atoms with Gasteiger partial charge in [0.2, 0.25) is 5.91 Å². The number of amides is 2. The topological polar surface area (TPSA) is 61.4 Å². The second kappa shape index (κ2) is 7.32. The van der Waals surface area contributed by atoms with Crippen molar-refractivity contribution in [3.8, 4) is 0 Å². The maximum atomic E-state index is 12.6. The molecule has 2 amide bonds. The lowest BCUT2D eigenvalue weighted by Crippen LogP contribution is -2.40. The van der Waals surface area contributed by atoms with Crippen molar-refractivity contribution in [3.05, 3.63) is 35.2 Å². The fourth-order valence-electron chi connectivity index (χ4n) is 3.24. The maximum Gasteiger partial charge on any atom is 0.252 e. The van der Waals surface area contributed by atoms with E-state index >= 15 is 0 Å². The second-order valence-corrected chi connectivity index (χ2v) is 7.55. The minimum Gasteiger partial charge on any atom is -0.352 e. The van der Waals surface area contributed by atoms with Gasteiger partial charge in [-0.25, -0.2) is 0 Å². The number of nitrogens with zero attached hydrogens (tertiary/aromatic N) is 1. The number of likely N-dealkylation sites (N-methyl/N-ethyl adjacent to an activating group) is 1. The molecule has 1 aromatic heterocycles. The van der Waals surface area contributed by atoms with Gasteiger partial charge < -0.3 is 15.5 Å². The molecule has 0 bridgehead atoms. The highest BCUT2D eigenvalue weighted by atomic mass is 32.1. The van der Waals surface area contributed by atoms with E-state index in [0.29, 0.717) is 6.54 Å². The fourth-order valence-corrected chi connectivity index (χ4v) is 4.15. The molecule has 5 nitrogen and oxygen atoms in total. The molecule has 2 aromatic rings. The first-order chi connectivity index (χ1) is 11.5. The van der Waals surface area contributed by atoms with E-state index in [1.165, 1.54) is 0 Å². The van der Waals surface area contributed by atoms with Gasteiger partial charge in [0.15, 0.2) is 0 Å². The summed E-state index contributed by atoms with van der Waals surface area (Å²) in [7, 11) is 3.75. The van der Waals surface area contributed by atoms with E-state index in [1.807, 2.05) is 48.6 Å². The standard InChI is InChI=1S/C18H23N3O2S/c1-21(2)11-16(22)19-13-6-7-14(10-13)20-18(23)15-5-3-4-12-8-9-24-17(12)15/h3-5,8-9,13-14H,6-7,10-11H2,1-2H3,(H,19,22)(H,20,23)/t13-,14+/m1/s1. The van der Waals surface area contributed by atoms with Crippen LogP contribution in [0.2, 0.25) is 0 Å². The zero-order valence-electron chi connectivity index (χ0n) is 14.0. The van der Waals surface area contributed by atoms with Gasteiger partial charge in [0.1, 0.15) is 0 Å². The molecule has 1 heterocycles. The first kappa shape index (κ1) is 16.9. The van der Waals surface area contributed by atoms with Gasteiger partial charge in [-0.1, -0.05) is 12.1 Å². The number of hydrogen-bond acceptors (Lipinski definition) is 4. The van der Waals surface area contributed by atoms with Crippen molar-refractivity contribution in [2.75, 3.05) is 20.6 Å². The molecule has 128 valence electrons. The number of fused-ring (bicyclic) bond motifs is 1.